The van der Waals surface area contributed by atoms with Gasteiger partial charge in [-0.05, 0) is 67.3 Å². The Labute approximate surface area is 194 Å². The van der Waals surface area contributed by atoms with Gasteiger partial charge in [-0.15, -0.1) is 0 Å². The Morgan fingerprint density at radius 1 is 1.06 bits per heavy atom. The summed E-state index contributed by atoms with van der Waals surface area (Å²) in [7, 11) is 0. The lowest BCUT2D eigenvalue weighted by atomic mass is 9.92. The van der Waals surface area contributed by atoms with Gasteiger partial charge in [0.05, 0.1) is 19.3 Å². The van der Waals surface area contributed by atoms with E-state index >= 15 is 0 Å². The second-order valence-electron chi connectivity index (χ2n) is 8.17. The lowest BCUT2D eigenvalue weighted by Gasteiger charge is -2.16. The summed E-state index contributed by atoms with van der Waals surface area (Å²) in [5, 5.41) is 1.01. The molecule has 0 unspecified atom stereocenters. The molecular weight excluding hydrogens is 414 g/mol. The van der Waals surface area contributed by atoms with Crippen LogP contribution in [0.3, 0.4) is 0 Å². The van der Waals surface area contributed by atoms with E-state index in [0.717, 1.165) is 44.3 Å². The molecule has 3 aromatic carbocycles. The van der Waals surface area contributed by atoms with Gasteiger partial charge >= 0.3 is 5.97 Å². The van der Waals surface area contributed by atoms with Crippen LogP contribution in [0.25, 0.3) is 22.1 Å². The van der Waals surface area contributed by atoms with Crippen molar-refractivity contribution in [1.29, 1.82) is 0 Å². The van der Waals surface area contributed by atoms with Gasteiger partial charge in [-0.25, -0.2) is 0 Å². The Morgan fingerprint density at radius 3 is 2.67 bits per heavy atom. The third kappa shape index (κ3) is 4.94. The average molecular weight is 444 g/mol. The number of carbonyl (C=O) groups is 1. The summed E-state index contributed by atoms with van der Waals surface area (Å²) in [4.78, 5) is 12.0. The molecule has 0 saturated heterocycles. The first kappa shape index (κ1) is 22.6. The average Bonchev–Trinajstić information content (AvgIpc) is 3.27. The monoisotopic (exact) mass is 443 g/mol. The van der Waals surface area contributed by atoms with Gasteiger partial charge in [-0.1, -0.05) is 36.4 Å². The van der Waals surface area contributed by atoms with Gasteiger partial charge in [-0.3, -0.25) is 4.79 Å². The number of hydrogen-bond donors (Lipinski definition) is 1. The molecule has 1 aromatic heterocycles. The number of rotatable bonds is 8. The number of esters is 1. The molecule has 0 amide bonds. The number of nitrogens with two attached hydrogens (primary N) is 1. The van der Waals surface area contributed by atoms with E-state index in [1.165, 1.54) is 0 Å². The van der Waals surface area contributed by atoms with Gasteiger partial charge in [0.15, 0.2) is 0 Å². The molecule has 0 fully saturated rings. The molecule has 0 radical (unpaired) electrons. The highest BCUT2D eigenvalue weighted by atomic mass is 16.5. The molecule has 0 aliphatic rings. The van der Waals surface area contributed by atoms with Crippen molar-refractivity contribution < 1.29 is 18.7 Å². The van der Waals surface area contributed by atoms with E-state index in [9.17, 15) is 4.79 Å². The molecular formula is C28H29NO4. The first-order valence-electron chi connectivity index (χ1n) is 11.2. The third-order valence-corrected chi connectivity index (χ3v) is 5.77. The van der Waals surface area contributed by atoms with Crippen LogP contribution in [0.15, 0.2) is 71.3 Å². The van der Waals surface area contributed by atoms with Crippen molar-refractivity contribution in [3.8, 4) is 16.9 Å². The van der Waals surface area contributed by atoms with E-state index in [2.05, 4.69) is 31.2 Å². The van der Waals surface area contributed by atoms with E-state index in [0.29, 0.717) is 19.0 Å². The minimum absolute atomic E-state index is 0.0561. The van der Waals surface area contributed by atoms with Crippen LogP contribution < -0.4 is 10.5 Å². The van der Waals surface area contributed by atoms with Gasteiger partial charge < -0.3 is 19.6 Å². The topological polar surface area (TPSA) is 74.7 Å². The second kappa shape index (κ2) is 9.92. The summed E-state index contributed by atoms with van der Waals surface area (Å²) in [6.45, 7) is 6.61. The molecule has 0 spiro atoms. The highest BCUT2D eigenvalue weighted by molar-refractivity contribution is 5.94. The molecule has 0 aliphatic heterocycles. The maximum Gasteiger partial charge on any atom is 0.310 e. The van der Waals surface area contributed by atoms with Gasteiger partial charge in [0, 0.05) is 22.6 Å². The molecule has 33 heavy (non-hydrogen) atoms. The normalized spacial score (nSPS) is 12.0. The van der Waals surface area contributed by atoms with Crippen molar-refractivity contribution in [2.75, 3.05) is 6.61 Å². The number of hydrogen-bond acceptors (Lipinski definition) is 5. The predicted molar refractivity (Wildman–Crippen MR) is 130 cm³/mol. The number of carbonyl (C=O) groups excluding carboxylic acids is 1. The maximum atomic E-state index is 12.0. The fraction of sp³-hybridized carbons (Fsp3) is 0.250. The summed E-state index contributed by atoms with van der Waals surface area (Å²) in [5.74, 6) is 0.412. The molecule has 2 N–H and O–H groups in total. The molecule has 1 heterocycles. The van der Waals surface area contributed by atoms with E-state index in [-0.39, 0.29) is 18.4 Å². The van der Waals surface area contributed by atoms with Crippen molar-refractivity contribution in [2.24, 2.45) is 5.73 Å². The van der Waals surface area contributed by atoms with Crippen LogP contribution in [0, 0.1) is 6.92 Å². The quantitative estimate of drug-likeness (QED) is 0.332. The first-order valence-corrected chi connectivity index (χ1v) is 11.2. The summed E-state index contributed by atoms with van der Waals surface area (Å²) in [6.07, 6.45) is 1.89. The van der Waals surface area contributed by atoms with Crippen LogP contribution in [0.1, 0.15) is 42.1 Å². The zero-order valence-corrected chi connectivity index (χ0v) is 19.3. The Morgan fingerprint density at radius 2 is 1.88 bits per heavy atom. The molecule has 170 valence electrons. The van der Waals surface area contributed by atoms with Gasteiger partial charge in [0.2, 0.25) is 0 Å². The van der Waals surface area contributed by atoms with Gasteiger partial charge in [0.1, 0.15) is 17.9 Å². The molecule has 5 nitrogen and oxygen atoms in total. The molecule has 5 heteroatoms. The smallest absolute Gasteiger partial charge is 0.310 e. The fourth-order valence-electron chi connectivity index (χ4n) is 4.19. The van der Waals surface area contributed by atoms with Gasteiger partial charge in [-0.2, -0.15) is 0 Å². The molecule has 0 saturated carbocycles. The van der Waals surface area contributed by atoms with E-state index in [4.69, 9.17) is 19.6 Å². The zero-order valence-electron chi connectivity index (χ0n) is 19.3. The lowest BCUT2D eigenvalue weighted by molar-refractivity contribution is -0.142. The highest BCUT2D eigenvalue weighted by Gasteiger charge is 2.15. The van der Waals surface area contributed by atoms with Crippen molar-refractivity contribution in [1.82, 2.24) is 0 Å². The van der Waals surface area contributed by atoms with Crippen LogP contribution >= 0.6 is 0 Å². The standard InChI is InChI=1S/C28H29NO4/c1-4-31-27(30)16-21-8-5-6-11-26(21)33-17-20-14-22-12-13-32-28(22)25(15-20)24-10-7-9-23(18(24)2)19(3)29/h5-15,19H,4,16-17,29H2,1-3H3/t19-/m1/s1. The number of ether oxygens (including phenoxy) is 2. The second-order valence-corrected chi connectivity index (χ2v) is 8.17. The SMILES string of the molecule is CCOC(=O)Cc1ccccc1OCc1cc(-c2cccc([C@@H](C)N)c2C)c2occc2c1. The summed E-state index contributed by atoms with van der Waals surface area (Å²) < 4.78 is 17.1. The van der Waals surface area contributed by atoms with Gasteiger partial charge in [0.25, 0.3) is 0 Å². The van der Waals surface area contributed by atoms with Crippen LogP contribution in [-0.4, -0.2) is 12.6 Å². The minimum Gasteiger partial charge on any atom is -0.489 e. The number of fused-ring (bicyclic) bond motifs is 1. The summed E-state index contributed by atoms with van der Waals surface area (Å²) >= 11 is 0. The number of para-hydroxylation sites is 1. The largest absolute Gasteiger partial charge is 0.489 e. The molecule has 0 bridgehead atoms. The van der Waals surface area contributed by atoms with Crippen molar-refractivity contribution >= 4 is 16.9 Å². The minimum atomic E-state index is -0.264. The van der Waals surface area contributed by atoms with Crippen molar-refractivity contribution in [2.45, 2.75) is 39.8 Å². The first-order chi connectivity index (χ1) is 16.0. The van der Waals surface area contributed by atoms with Crippen molar-refractivity contribution in [3.63, 3.8) is 0 Å². The molecule has 4 aromatic rings. The molecule has 0 aliphatic carbocycles. The number of furan rings is 1. The number of benzene rings is 3. The predicted octanol–water partition coefficient (Wildman–Crippen LogP) is 6.11. The Bertz CT molecular complexity index is 1270. The molecule has 4 rings (SSSR count). The van der Waals surface area contributed by atoms with Crippen molar-refractivity contribution in [3.05, 3.63) is 89.2 Å². The fourth-order valence-corrected chi connectivity index (χ4v) is 4.19. The van der Waals surface area contributed by atoms with Crippen LogP contribution in [0.4, 0.5) is 0 Å². The van der Waals surface area contributed by atoms with E-state index in [1.54, 1.807) is 13.2 Å². The Kier molecular flexibility index (Phi) is 6.80. The van der Waals surface area contributed by atoms with Crippen LogP contribution in [0.2, 0.25) is 0 Å². The third-order valence-electron chi connectivity index (χ3n) is 5.77. The Hall–Kier alpha value is -3.57. The van der Waals surface area contributed by atoms with E-state index < -0.39 is 0 Å². The Balaban J connectivity index is 1.66. The summed E-state index contributed by atoms with van der Waals surface area (Å²) in [5.41, 5.74) is 13.2. The lowest BCUT2D eigenvalue weighted by Crippen LogP contribution is -2.09. The molecule has 1 atom stereocenters. The van der Waals surface area contributed by atoms with Crippen LogP contribution in [-0.2, 0) is 22.6 Å². The summed E-state index contributed by atoms with van der Waals surface area (Å²) in [6, 6.07) is 19.8. The van der Waals surface area contributed by atoms with E-state index in [1.807, 2.05) is 43.3 Å². The highest BCUT2D eigenvalue weighted by Crippen LogP contribution is 2.35. The maximum absolute atomic E-state index is 12.0. The van der Waals surface area contributed by atoms with Crippen LogP contribution in [0.5, 0.6) is 5.75 Å². The zero-order chi connectivity index (χ0) is 23.4.